The molecular weight excluding hydrogens is 204 g/mol. The van der Waals surface area contributed by atoms with Crippen LogP contribution in [-0.2, 0) is 4.74 Å². The Morgan fingerprint density at radius 1 is 1.56 bits per heavy atom. The molecule has 4 nitrogen and oxygen atoms in total. The highest BCUT2D eigenvalue weighted by molar-refractivity contribution is 5.70. The largest absolute Gasteiger partial charge is 0.452 e. The molecule has 0 bridgehead atoms. The second-order valence-electron chi connectivity index (χ2n) is 4.31. The minimum absolute atomic E-state index is 0.325. The maximum Gasteiger partial charge on any atom is 0.417 e. The van der Waals surface area contributed by atoms with Crippen LogP contribution < -0.4 is 0 Å². The Hall–Kier alpha value is -1.29. The van der Waals surface area contributed by atoms with E-state index in [1.807, 2.05) is 12.3 Å². The number of hydrogen-bond acceptors (Lipinski definition) is 3. The number of methoxy groups -OCH3 is 1. The Kier molecular flexibility index (Phi) is 3.29. The molecule has 2 aliphatic heterocycles. The standard InChI is InChI=1S/C12H18N2O2/c1-13-7-4-6-11(13)10-5-3-8-14(9-10)12(15)16-2/h3,8-9,11H,4-7H2,1-2H3/t11-/m0/s1. The van der Waals surface area contributed by atoms with Gasteiger partial charge in [0.25, 0.3) is 0 Å². The second-order valence-corrected chi connectivity index (χ2v) is 4.31. The van der Waals surface area contributed by atoms with Crippen molar-refractivity contribution in [3.63, 3.8) is 0 Å². The van der Waals surface area contributed by atoms with Crippen LogP contribution in [0.25, 0.3) is 0 Å². The van der Waals surface area contributed by atoms with Gasteiger partial charge < -0.3 is 4.74 Å². The van der Waals surface area contributed by atoms with Gasteiger partial charge in [-0.25, -0.2) is 4.79 Å². The smallest absolute Gasteiger partial charge is 0.417 e. The predicted octanol–water partition coefficient (Wildman–Crippen LogP) is 1.95. The van der Waals surface area contributed by atoms with Gasteiger partial charge >= 0.3 is 6.09 Å². The monoisotopic (exact) mass is 222 g/mol. The third-order valence-electron chi connectivity index (χ3n) is 3.26. The molecule has 0 N–H and O–H groups in total. The topological polar surface area (TPSA) is 32.8 Å². The maximum atomic E-state index is 11.4. The highest BCUT2D eigenvalue weighted by Crippen LogP contribution is 2.26. The molecule has 2 aliphatic rings. The van der Waals surface area contributed by atoms with Gasteiger partial charge in [0.05, 0.1) is 7.11 Å². The van der Waals surface area contributed by atoms with Gasteiger partial charge in [-0.15, -0.1) is 0 Å². The quantitative estimate of drug-likeness (QED) is 0.680. The highest BCUT2D eigenvalue weighted by atomic mass is 16.5. The number of nitrogens with zero attached hydrogens (tertiary/aromatic N) is 2. The van der Waals surface area contributed by atoms with E-state index in [0.717, 1.165) is 13.0 Å². The maximum absolute atomic E-state index is 11.4. The lowest BCUT2D eigenvalue weighted by molar-refractivity contribution is 0.150. The van der Waals surface area contributed by atoms with Crippen LogP contribution in [0.3, 0.4) is 0 Å². The van der Waals surface area contributed by atoms with E-state index in [4.69, 9.17) is 4.74 Å². The molecule has 0 radical (unpaired) electrons. The van der Waals surface area contributed by atoms with Crippen LogP contribution in [0.1, 0.15) is 19.3 Å². The molecule has 2 heterocycles. The molecule has 0 aromatic heterocycles. The van der Waals surface area contributed by atoms with Crippen molar-refractivity contribution >= 4 is 6.09 Å². The number of hydrogen-bond donors (Lipinski definition) is 0. The van der Waals surface area contributed by atoms with Crippen LogP contribution in [0, 0.1) is 0 Å². The predicted molar refractivity (Wildman–Crippen MR) is 61.7 cm³/mol. The minimum Gasteiger partial charge on any atom is -0.452 e. The molecule has 16 heavy (non-hydrogen) atoms. The first-order valence-corrected chi connectivity index (χ1v) is 5.66. The molecule has 2 rings (SSSR count). The van der Waals surface area contributed by atoms with Crippen molar-refractivity contribution in [2.24, 2.45) is 0 Å². The number of amides is 1. The number of likely N-dealkylation sites (N-methyl/N-ethyl adjacent to an activating group) is 1. The van der Waals surface area contributed by atoms with Crippen molar-refractivity contribution in [1.29, 1.82) is 0 Å². The summed E-state index contributed by atoms with van der Waals surface area (Å²) in [5.74, 6) is 0. The molecule has 0 unspecified atom stereocenters. The van der Waals surface area contributed by atoms with Gasteiger partial charge in [0, 0.05) is 18.4 Å². The summed E-state index contributed by atoms with van der Waals surface area (Å²) in [4.78, 5) is 15.3. The van der Waals surface area contributed by atoms with Gasteiger partial charge in [-0.05, 0) is 38.4 Å². The lowest BCUT2D eigenvalue weighted by atomic mass is 10.0. The SMILES string of the molecule is COC(=O)N1C=CCC([C@@H]2CCCN2C)=C1. The number of carbonyl (C=O) groups is 1. The van der Waals surface area contributed by atoms with Gasteiger partial charge in [0.2, 0.25) is 0 Å². The Labute approximate surface area is 96.2 Å². The van der Waals surface area contributed by atoms with Crippen molar-refractivity contribution in [2.75, 3.05) is 20.7 Å². The van der Waals surface area contributed by atoms with E-state index in [0.29, 0.717) is 6.04 Å². The summed E-state index contributed by atoms with van der Waals surface area (Å²) in [6, 6.07) is 0.483. The van der Waals surface area contributed by atoms with Crippen molar-refractivity contribution in [3.05, 3.63) is 24.0 Å². The van der Waals surface area contributed by atoms with Gasteiger partial charge in [-0.3, -0.25) is 9.80 Å². The van der Waals surface area contributed by atoms with Crippen molar-refractivity contribution in [1.82, 2.24) is 9.80 Å². The van der Waals surface area contributed by atoms with Crippen LogP contribution in [0.5, 0.6) is 0 Å². The Morgan fingerprint density at radius 3 is 3.00 bits per heavy atom. The van der Waals surface area contributed by atoms with Crippen molar-refractivity contribution < 1.29 is 9.53 Å². The fourth-order valence-corrected chi connectivity index (χ4v) is 2.40. The lowest BCUT2D eigenvalue weighted by Crippen LogP contribution is -2.30. The molecule has 1 saturated heterocycles. The van der Waals surface area contributed by atoms with E-state index in [1.165, 1.54) is 30.4 Å². The normalized spacial score (nSPS) is 25.8. The van der Waals surface area contributed by atoms with Gasteiger partial charge in [-0.1, -0.05) is 6.08 Å². The first-order chi connectivity index (χ1) is 7.72. The highest BCUT2D eigenvalue weighted by Gasteiger charge is 2.26. The molecule has 0 aliphatic carbocycles. The Morgan fingerprint density at radius 2 is 2.38 bits per heavy atom. The van der Waals surface area contributed by atoms with Crippen molar-refractivity contribution in [3.8, 4) is 0 Å². The summed E-state index contributed by atoms with van der Waals surface area (Å²) in [6.45, 7) is 1.14. The van der Waals surface area contributed by atoms with Gasteiger partial charge in [0.1, 0.15) is 0 Å². The van der Waals surface area contributed by atoms with E-state index in [9.17, 15) is 4.79 Å². The van der Waals surface area contributed by atoms with E-state index in [1.54, 1.807) is 6.20 Å². The summed E-state index contributed by atoms with van der Waals surface area (Å²) in [6.07, 6.45) is 8.73. The minimum atomic E-state index is -0.325. The van der Waals surface area contributed by atoms with Crippen LogP contribution >= 0.6 is 0 Å². The first kappa shape index (κ1) is 11.2. The van der Waals surface area contributed by atoms with Gasteiger partial charge in [-0.2, -0.15) is 0 Å². The average molecular weight is 222 g/mol. The van der Waals surface area contributed by atoms with Crippen LogP contribution in [-0.4, -0.2) is 42.6 Å². The zero-order chi connectivity index (χ0) is 11.5. The van der Waals surface area contributed by atoms with Crippen LogP contribution in [0.2, 0.25) is 0 Å². The number of ether oxygens (including phenoxy) is 1. The molecule has 1 atom stereocenters. The van der Waals surface area contributed by atoms with E-state index in [2.05, 4.69) is 11.9 Å². The number of allylic oxidation sites excluding steroid dienone is 1. The molecular formula is C12H18N2O2. The van der Waals surface area contributed by atoms with Crippen LogP contribution in [0.15, 0.2) is 24.0 Å². The van der Waals surface area contributed by atoms with Gasteiger partial charge in [0.15, 0.2) is 0 Å². The average Bonchev–Trinajstić information content (AvgIpc) is 2.74. The molecule has 0 aromatic carbocycles. The fourth-order valence-electron chi connectivity index (χ4n) is 2.40. The first-order valence-electron chi connectivity index (χ1n) is 5.66. The number of rotatable bonds is 1. The van der Waals surface area contributed by atoms with Crippen molar-refractivity contribution in [2.45, 2.75) is 25.3 Å². The molecule has 0 saturated carbocycles. The Bertz CT molecular complexity index is 336. The van der Waals surface area contributed by atoms with E-state index in [-0.39, 0.29) is 6.09 Å². The molecule has 0 spiro atoms. The molecule has 4 heteroatoms. The molecule has 88 valence electrons. The zero-order valence-electron chi connectivity index (χ0n) is 9.85. The molecule has 0 aromatic rings. The van der Waals surface area contributed by atoms with Crippen LogP contribution in [0.4, 0.5) is 4.79 Å². The summed E-state index contributed by atoms with van der Waals surface area (Å²) in [7, 11) is 3.54. The third kappa shape index (κ3) is 2.11. The number of carbonyl (C=O) groups excluding carboxylic acids is 1. The Balaban J connectivity index is 2.10. The molecule has 1 fully saturated rings. The fraction of sp³-hybridized carbons (Fsp3) is 0.583. The molecule has 1 amide bonds. The number of likely N-dealkylation sites (tertiary alicyclic amines) is 1. The zero-order valence-corrected chi connectivity index (χ0v) is 9.85. The van der Waals surface area contributed by atoms with E-state index >= 15 is 0 Å². The lowest BCUT2D eigenvalue weighted by Gasteiger charge is -2.26. The summed E-state index contributed by atoms with van der Waals surface area (Å²) < 4.78 is 4.71. The second kappa shape index (κ2) is 4.70. The third-order valence-corrected chi connectivity index (χ3v) is 3.26. The summed E-state index contributed by atoms with van der Waals surface area (Å²) in [5, 5.41) is 0. The van der Waals surface area contributed by atoms with E-state index < -0.39 is 0 Å². The summed E-state index contributed by atoms with van der Waals surface area (Å²) >= 11 is 0. The summed E-state index contributed by atoms with van der Waals surface area (Å²) in [5.41, 5.74) is 1.30.